The summed E-state index contributed by atoms with van der Waals surface area (Å²) in [5, 5.41) is 15.1. The number of aromatic hydroxyl groups is 1. The second-order valence-electron chi connectivity index (χ2n) is 11.6. The zero-order chi connectivity index (χ0) is 27.3. The lowest BCUT2D eigenvalue weighted by Gasteiger charge is -2.36. The molecule has 0 aliphatic heterocycles. The van der Waals surface area contributed by atoms with Gasteiger partial charge in [-0.1, -0.05) is 78.9 Å². The van der Waals surface area contributed by atoms with Gasteiger partial charge in [0.1, 0.15) is 5.75 Å². The maximum Gasteiger partial charge on any atom is 0.171 e. The van der Waals surface area contributed by atoms with Crippen LogP contribution < -0.4 is 15.9 Å². The van der Waals surface area contributed by atoms with Gasteiger partial charge in [0.2, 0.25) is 0 Å². The van der Waals surface area contributed by atoms with Gasteiger partial charge in [0.05, 0.1) is 0 Å². The van der Waals surface area contributed by atoms with Gasteiger partial charge in [-0.05, 0) is 117 Å². The summed E-state index contributed by atoms with van der Waals surface area (Å²) in [5.74, 6) is 0.368. The van der Waals surface area contributed by atoms with Gasteiger partial charge in [0, 0.05) is 21.8 Å². The SMILES string of the molecule is O=P(c1ccc(O)cc1)(c1ccc2c3c1CC=C1C=CC=C(C=C2)C13)c1ccc2c3c4c(ccc13)C=CCC4=CC2. The number of phenols is 1. The van der Waals surface area contributed by atoms with E-state index in [1.807, 2.05) is 12.1 Å². The normalized spacial score (nSPS) is 20.2. The van der Waals surface area contributed by atoms with E-state index >= 15 is 4.57 Å². The van der Waals surface area contributed by atoms with Crippen molar-refractivity contribution in [3.8, 4) is 5.75 Å². The van der Waals surface area contributed by atoms with E-state index in [-0.39, 0.29) is 11.7 Å². The second-order valence-corrected chi connectivity index (χ2v) is 14.3. The van der Waals surface area contributed by atoms with Gasteiger partial charge in [-0.3, -0.25) is 0 Å². The molecule has 2 nitrogen and oxygen atoms in total. The maximum absolute atomic E-state index is 16.2. The van der Waals surface area contributed by atoms with Crippen LogP contribution in [0.1, 0.15) is 45.7 Å². The minimum atomic E-state index is -3.36. The van der Waals surface area contributed by atoms with Crippen molar-refractivity contribution >= 4 is 51.6 Å². The quantitative estimate of drug-likeness (QED) is 0.268. The minimum absolute atomic E-state index is 0.179. The van der Waals surface area contributed by atoms with Crippen LogP contribution in [0.25, 0.3) is 28.5 Å². The molecule has 4 aromatic rings. The van der Waals surface area contributed by atoms with E-state index in [0.29, 0.717) is 0 Å². The van der Waals surface area contributed by atoms with E-state index in [9.17, 15) is 5.11 Å². The third kappa shape index (κ3) is 3.12. The van der Waals surface area contributed by atoms with Crippen molar-refractivity contribution in [1.29, 1.82) is 0 Å². The summed E-state index contributed by atoms with van der Waals surface area (Å²) in [6.07, 6.45) is 22.7. The predicted molar refractivity (Wildman–Crippen MR) is 171 cm³/mol. The zero-order valence-corrected chi connectivity index (χ0v) is 23.4. The summed E-state index contributed by atoms with van der Waals surface area (Å²) in [7, 11) is -3.36. The zero-order valence-electron chi connectivity index (χ0n) is 22.5. The number of allylic oxidation sites excluding steroid dienone is 10. The molecule has 0 heterocycles. The molecule has 5 aliphatic carbocycles. The standard InChI is InChI=1S/C38H27O2P/c39-29-15-17-30(18-16-29)41(40,33-21-13-27-9-7-23-3-1-5-25-11-19-31(33)37(27)35(23)25)34-22-14-28-10-8-24-4-2-6-26-12-20-32(34)38(28)36(24)26/h1-3,5-9,11-18,20-22,35,39H,4,10,19H2. The van der Waals surface area contributed by atoms with Crippen molar-refractivity contribution in [3.05, 3.63) is 148 Å². The molecule has 0 aromatic heterocycles. The molecule has 0 spiro atoms. The topological polar surface area (TPSA) is 37.3 Å². The van der Waals surface area contributed by atoms with Crippen molar-refractivity contribution in [2.45, 2.75) is 25.2 Å². The van der Waals surface area contributed by atoms with Gasteiger partial charge < -0.3 is 9.67 Å². The highest BCUT2D eigenvalue weighted by Crippen LogP contribution is 2.52. The van der Waals surface area contributed by atoms with Crippen LogP contribution in [-0.4, -0.2) is 5.11 Å². The second kappa shape index (κ2) is 8.32. The van der Waals surface area contributed by atoms with Gasteiger partial charge in [0.25, 0.3) is 0 Å². The maximum atomic E-state index is 16.2. The van der Waals surface area contributed by atoms with E-state index in [4.69, 9.17) is 0 Å². The Hall–Kier alpha value is -4.39. The van der Waals surface area contributed by atoms with E-state index < -0.39 is 7.14 Å². The summed E-state index contributed by atoms with van der Waals surface area (Å²) in [6.45, 7) is 0. The van der Waals surface area contributed by atoms with E-state index in [2.05, 4.69) is 91.1 Å². The number of hydrogen-bond donors (Lipinski definition) is 1. The number of rotatable bonds is 3. The first kappa shape index (κ1) is 23.3. The van der Waals surface area contributed by atoms with Crippen LogP contribution in [0.4, 0.5) is 0 Å². The van der Waals surface area contributed by atoms with E-state index in [0.717, 1.165) is 40.6 Å². The lowest BCUT2D eigenvalue weighted by Crippen LogP contribution is -2.31. The molecule has 41 heavy (non-hydrogen) atoms. The molecule has 0 saturated carbocycles. The molecular weight excluding hydrogens is 519 g/mol. The molecule has 9 rings (SSSR count). The summed E-state index contributed by atoms with van der Waals surface area (Å²) in [5.41, 5.74) is 11.5. The first-order valence-electron chi connectivity index (χ1n) is 14.4. The molecular formula is C38H27O2P. The Morgan fingerprint density at radius 3 is 2.49 bits per heavy atom. The van der Waals surface area contributed by atoms with Crippen LogP contribution in [0.5, 0.6) is 5.75 Å². The Labute approximate surface area is 239 Å². The van der Waals surface area contributed by atoms with Crippen molar-refractivity contribution in [2.75, 3.05) is 0 Å². The van der Waals surface area contributed by atoms with Gasteiger partial charge in [-0.15, -0.1) is 0 Å². The Morgan fingerprint density at radius 2 is 1.59 bits per heavy atom. The average Bonchev–Trinajstić information content (AvgIpc) is 3.02. The molecule has 2 unspecified atom stereocenters. The molecule has 5 aliphatic rings. The molecule has 0 bridgehead atoms. The molecule has 0 saturated heterocycles. The summed E-state index contributed by atoms with van der Waals surface area (Å²) in [6, 6.07) is 20.1. The first-order valence-corrected chi connectivity index (χ1v) is 16.1. The van der Waals surface area contributed by atoms with Crippen LogP contribution >= 0.6 is 7.14 Å². The first-order chi connectivity index (χ1) is 20.1. The Kier molecular flexibility index (Phi) is 4.73. The number of hydrogen-bond acceptors (Lipinski definition) is 2. The Morgan fingerprint density at radius 1 is 0.732 bits per heavy atom. The fourth-order valence-electron chi connectivity index (χ4n) is 7.75. The van der Waals surface area contributed by atoms with Gasteiger partial charge in [-0.25, -0.2) is 0 Å². The van der Waals surface area contributed by atoms with Crippen LogP contribution in [0.2, 0.25) is 0 Å². The Balaban J connectivity index is 1.37. The molecule has 0 amide bonds. The fourth-order valence-corrected chi connectivity index (χ4v) is 10.8. The van der Waals surface area contributed by atoms with Crippen molar-refractivity contribution in [3.63, 3.8) is 0 Å². The van der Waals surface area contributed by atoms with Crippen LogP contribution in [0.15, 0.2) is 114 Å². The highest BCUT2D eigenvalue weighted by Gasteiger charge is 2.39. The van der Waals surface area contributed by atoms with E-state index in [1.165, 1.54) is 55.5 Å². The van der Waals surface area contributed by atoms with Gasteiger partial charge in [0.15, 0.2) is 7.14 Å². The van der Waals surface area contributed by atoms with Crippen LogP contribution in [0, 0.1) is 0 Å². The monoisotopic (exact) mass is 546 g/mol. The highest BCUT2D eigenvalue weighted by atomic mass is 31.2. The molecule has 3 heteroatoms. The average molecular weight is 547 g/mol. The van der Waals surface area contributed by atoms with Crippen molar-refractivity contribution < 1.29 is 9.67 Å². The lowest BCUT2D eigenvalue weighted by atomic mass is 9.71. The fraction of sp³-hybridized carbons (Fsp3) is 0.105. The van der Waals surface area contributed by atoms with Gasteiger partial charge >= 0.3 is 0 Å². The smallest absolute Gasteiger partial charge is 0.171 e. The number of phenolic OH excluding ortho intramolecular Hbond substituents is 1. The third-order valence-corrected chi connectivity index (χ3v) is 12.8. The Bertz CT molecular complexity index is 2100. The predicted octanol–water partition coefficient (Wildman–Crippen LogP) is 7.63. The lowest BCUT2D eigenvalue weighted by molar-refractivity contribution is 0.475. The molecule has 1 N–H and O–H groups in total. The number of benzene rings is 4. The molecule has 0 radical (unpaired) electrons. The van der Waals surface area contributed by atoms with Gasteiger partial charge in [-0.2, -0.15) is 0 Å². The summed E-state index contributed by atoms with van der Waals surface area (Å²) >= 11 is 0. The van der Waals surface area contributed by atoms with Crippen LogP contribution in [0.3, 0.4) is 0 Å². The third-order valence-electron chi connectivity index (χ3n) is 9.59. The van der Waals surface area contributed by atoms with E-state index in [1.54, 1.807) is 12.1 Å². The molecule has 2 atom stereocenters. The molecule has 196 valence electrons. The molecule has 0 fully saturated rings. The molecule has 4 aromatic carbocycles. The summed E-state index contributed by atoms with van der Waals surface area (Å²) < 4.78 is 16.2. The van der Waals surface area contributed by atoms with Crippen molar-refractivity contribution in [1.82, 2.24) is 0 Å². The highest BCUT2D eigenvalue weighted by molar-refractivity contribution is 7.85. The largest absolute Gasteiger partial charge is 0.508 e. The minimum Gasteiger partial charge on any atom is -0.508 e. The van der Waals surface area contributed by atoms with Crippen LogP contribution in [-0.2, 0) is 17.4 Å². The van der Waals surface area contributed by atoms with Crippen molar-refractivity contribution in [2.24, 2.45) is 0 Å². The summed E-state index contributed by atoms with van der Waals surface area (Å²) in [4.78, 5) is 0.